The average Bonchev–Trinajstić information content (AvgIpc) is 2.63. The van der Waals surface area contributed by atoms with Gasteiger partial charge in [-0.2, -0.15) is 0 Å². The molecule has 0 atom stereocenters. The molecule has 0 spiro atoms. The van der Waals surface area contributed by atoms with Crippen molar-refractivity contribution in [1.29, 1.82) is 0 Å². The van der Waals surface area contributed by atoms with E-state index in [1.165, 1.54) is 12.1 Å². The van der Waals surface area contributed by atoms with Gasteiger partial charge in [0.25, 0.3) is 0 Å². The zero-order chi connectivity index (χ0) is 18.4. The first-order valence-corrected chi connectivity index (χ1v) is 8.60. The third kappa shape index (κ3) is 4.71. The SMILES string of the molecule is CCN(CC)C(=O)N1CCN(C(=O)Cc2ccc(C(=O)O)cc2)CC1. The van der Waals surface area contributed by atoms with Gasteiger partial charge in [0.15, 0.2) is 0 Å². The molecule has 3 amide bonds. The Morgan fingerprint density at radius 1 is 0.960 bits per heavy atom. The number of aromatic carboxylic acids is 1. The van der Waals surface area contributed by atoms with Crippen LogP contribution in [0.1, 0.15) is 29.8 Å². The molecular weight excluding hydrogens is 322 g/mol. The molecule has 0 unspecified atom stereocenters. The van der Waals surface area contributed by atoms with Gasteiger partial charge in [-0.25, -0.2) is 9.59 Å². The lowest BCUT2D eigenvalue weighted by Gasteiger charge is -2.37. The molecule has 0 aromatic heterocycles. The molecule has 0 radical (unpaired) electrons. The van der Waals surface area contributed by atoms with E-state index in [0.717, 1.165) is 5.56 Å². The van der Waals surface area contributed by atoms with Gasteiger partial charge in [-0.3, -0.25) is 4.79 Å². The van der Waals surface area contributed by atoms with E-state index in [9.17, 15) is 14.4 Å². The summed E-state index contributed by atoms with van der Waals surface area (Å²) in [5.74, 6) is -0.982. The summed E-state index contributed by atoms with van der Waals surface area (Å²) in [6, 6.07) is 6.38. The van der Waals surface area contributed by atoms with Gasteiger partial charge >= 0.3 is 12.0 Å². The zero-order valence-corrected chi connectivity index (χ0v) is 14.8. The van der Waals surface area contributed by atoms with Gasteiger partial charge in [0, 0.05) is 39.3 Å². The predicted octanol–water partition coefficient (Wildman–Crippen LogP) is 1.53. The second-order valence-electron chi connectivity index (χ2n) is 6.00. The summed E-state index contributed by atoms with van der Waals surface area (Å²) in [6.07, 6.45) is 0.240. The van der Waals surface area contributed by atoms with Crippen LogP contribution in [0.4, 0.5) is 4.79 Å². The normalized spacial score (nSPS) is 14.3. The molecule has 1 fully saturated rings. The van der Waals surface area contributed by atoms with E-state index < -0.39 is 5.97 Å². The van der Waals surface area contributed by atoms with Crippen LogP contribution in [0.5, 0.6) is 0 Å². The Morgan fingerprint density at radius 3 is 1.96 bits per heavy atom. The summed E-state index contributed by atoms with van der Waals surface area (Å²) in [7, 11) is 0. The Morgan fingerprint density at radius 2 is 1.48 bits per heavy atom. The molecule has 7 heteroatoms. The van der Waals surface area contributed by atoms with Gasteiger partial charge in [0.1, 0.15) is 0 Å². The number of carbonyl (C=O) groups is 3. The summed E-state index contributed by atoms with van der Waals surface area (Å²) in [5, 5.41) is 8.90. The fraction of sp³-hybridized carbons (Fsp3) is 0.500. The molecule has 1 aliphatic rings. The summed E-state index contributed by atoms with van der Waals surface area (Å²) in [6.45, 7) is 7.41. The van der Waals surface area contributed by atoms with Crippen molar-refractivity contribution in [2.24, 2.45) is 0 Å². The van der Waals surface area contributed by atoms with E-state index >= 15 is 0 Å². The molecule has 0 saturated carbocycles. The van der Waals surface area contributed by atoms with Gasteiger partial charge in [0.05, 0.1) is 12.0 Å². The average molecular weight is 347 g/mol. The van der Waals surface area contributed by atoms with Crippen molar-refractivity contribution in [3.8, 4) is 0 Å². The number of rotatable bonds is 5. The number of piperazine rings is 1. The van der Waals surface area contributed by atoms with Crippen molar-refractivity contribution < 1.29 is 19.5 Å². The molecule has 0 aliphatic carbocycles. The highest BCUT2D eigenvalue weighted by Crippen LogP contribution is 2.10. The second kappa shape index (κ2) is 8.50. The molecule has 1 aromatic rings. The minimum Gasteiger partial charge on any atom is -0.478 e. The highest BCUT2D eigenvalue weighted by Gasteiger charge is 2.26. The molecule has 1 saturated heterocycles. The van der Waals surface area contributed by atoms with Gasteiger partial charge in [0.2, 0.25) is 5.91 Å². The van der Waals surface area contributed by atoms with Gasteiger partial charge in [-0.05, 0) is 31.5 Å². The summed E-state index contributed by atoms with van der Waals surface area (Å²) >= 11 is 0. The number of carbonyl (C=O) groups excluding carboxylic acids is 2. The standard InChI is InChI=1S/C18H25N3O4/c1-3-19(4-2)18(25)21-11-9-20(10-12-21)16(22)13-14-5-7-15(8-6-14)17(23)24/h5-8H,3-4,9-13H2,1-2H3,(H,23,24). The molecule has 0 bridgehead atoms. The van der Waals surface area contributed by atoms with Crippen LogP contribution in [0.2, 0.25) is 0 Å². The van der Waals surface area contributed by atoms with E-state index in [1.807, 2.05) is 13.8 Å². The summed E-state index contributed by atoms with van der Waals surface area (Å²) < 4.78 is 0. The number of benzene rings is 1. The van der Waals surface area contributed by atoms with E-state index in [-0.39, 0.29) is 23.9 Å². The topological polar surface area (TPSA) is 81.2 Å². The number of hydrogen-bond donors (Lipinski definition) is 1. The molecular formula is C18H25N3O4. The quantitative estimate of drug-likeness (QED) is 0.876. The molecule has 1 heterocycles. The smallest absolute Gasteiger partial charge is 0.335 e. The number of urea groups is 1. The molecule has 1 aliphatic heterocycles. The maximum absolute atomic E-state index is 12.4. The fourth-order valence-corrected chi connectivity index (χ4v) is 2.89. The van der Waals surface area contributed by atoms with Crippen molar-refractivity contribution in [3.63, 3.8) is 0 Å². The predicted molar refractivity (Wildman–Crippen MR) is 93.6 cm³/mol. The van der Waals surface area contributed by atoms with E-state index in [0.29, 0.717) is 39.3 Å². The third-order valence-electron chi connectivity index (χ3n) is 4.49. The van der Waals surface area contributed by atoms with Crippen LogP contribution in [-0.4, -0.2) is 77.0 Å². The number of hydrogen-bond acceptors (Lipinski definition) is 3. The first-order valence-electron chi connectivity index (χ1n) is 8.60. The van der Waals surface area contributed by atoms with Crippen LogP contribution < -0.4 is 0 Å². The van der Waals surface area contributed by atoms with E-state index in [1.54, 1.807) is 26.8 Å². The van der Waals surface area contributed by atoms with Crippen molar-refractivity contribution >= 4 is 17.9 Å². The first-order chi connectivity index (χ1) is 12.0. The van der Waals surface area contributed by atoms with Crippen LogP contribution in [-0.2, 0) is 11.2 Å². The lowest BCUT2D eigenvalue weighted by Crippen LogP contribution is -2.54. The van der Waals surface area contributed by atoms with Gasteiger partial charge < -0.3 is 19.8 Å². The number of nitrogens with zero attached hydrogens (tertiary/aromatic N) is 3. The number of amides is 3. The van der Waals surface area contributed by atoms with Crippen LogP contribution in [0.15, 0.2) is 24.3 Å². The first kappa shape index (κ1) is 18.8. The van der Waals surface area contributed by atoms with Crippen molar-refractivity contribution in [1.82, 2.24) is 14.7 Å². The molecule has 1 aromatic carbocycles. The Bertz CT molecular complexity index is 618. The largest absolute Gasteiger partial charge is 0.478 e. The summed E-state index contributed by atoms with van der Waals surface area (Å²) in [4.78, 5) is 40.9. The van der Waals surface area contributed by atoms with Gasteiger partial charge in [-0.15, -0.1) is 0 Å². The Labute approximate surface area is 147 Å². The van der Waals surface area contributed by atoms with Crippen LogP contribution in [0.25, 0.3) is 0 Å². The van der Waals surface area contributed by atoms with E-state index in [4.69, 9.17) is 5.11 Å². The Hall–Kier alpha value is -2.57. The maximum Gasteiger partial charge on any atom is 0.335 e. The second-order valence-corrected chi connectivity index (χ2v) is 6.00. The minimum atomic E-state index is -0.980. The Balaban J connectivity index is 1.86. The van der Waals surface area contributed by atoms with E-state index in [2.05, 4.69) is 0 Å². The molecule has 2 rings (SSSR count). The van der Waals surface area contributed by atoms with Crippen molar-refractivity contribution in [3.05, 3.63) is 35.4 Å². The third-order valence-corrected chi connectivity index (χ3v) is 4.49. The van der Waals surface area contributed by atoms with Crippen LogP contribution in [0.3, 0.4) is 0 Å². The molecule has 136 valence electrons. The Kier molecular flexibility index (Phi) is 6.38. The molecule has 1 N–H and O–H groups in total. The summed E-state index contributed by atoms with van der Waals surface area (Å²) in [5.41, 5.74) is 0.997. The molecule has 25 heavy (non-hydrogen) atoms. The van der Waals surface area contributed by atoms with Crippen molar-refractivity contribution in [2.45, 2.75) is 20.3 Å². The monoisotopic (exact) mass is 347 g/mol. The maximum atomic E-state index is 12.4. The minimum absolute atomic E-state index is 0.00184. The lowest BCUT2D eigenvalue weighted by molar-refractivity contribution is -0.131. The van der Waals surface area contributed by atoms with Crippen LogP contribution in [0, 0.1) is 0 Å². The lowest BCUT2D eigenvalue weighted by atomic mass is 10.1. The van der Waals surface area contributed by atoms with Crippen molar-refractivity contribution in [2.75, 3.05) is 39.3 Å². The van der Waals surface area contributed by atoms with Crippen LogP contribution >= 0.6 is 0 Å². The highest BCUT2D eigenvalue weighted by atomic mass is 16.4. The van der Waals surface area contributed by atoms with Gasteiger partial charge in [-0.1, -0.05) is 12.1 Å². The molecule has 7 nitrogen and oxygen atoms in total. The number of carboxylic acid groups (broad SMARTS) is 1. The zero-order valence-electron chi connectivity index (χ0n) is 14.8. The fourth-order valence-electron chi connectivity index (χ4n) is 2.89. The number of carboxylic acids is 1. The highest BCUT2D eigenvalue weighted by molar-refractivity contribution is 5.87.